The van der Waals surface area contributed by atoms with Gasteiger partial charge in [-0.3, -0.25) is 4.68 Å². The zero-order valence-corrected chi connectivity index (χ0v) is 11.3. The Hall–Kier alpha value is -2.37. The molecule has 104 valence electrons. The summed E-state index contributed by atoms with van der Waals surface area (Å²) in [5.74, 6) is 0.171. The standard InChI is InChI=1S/C14H16FN5/c1-10-8-13-12(9-11(10)15)18-14(16)20(13)7-3-6-19-5-2-4-17-19/h2,4-5,8-9H,3,6-7H2,1H3,(H2,16,18). The van der Waals surface area contributed by atoms with E-state index < -0.39 is 0 Å². The molecule has 0 aliphatic heterocycles. The lowest BCUT2D eigenvalue weighted by atomic mass is 10.2. The summed E-state index contributed by atoms with van der Waals surface area (Å²) < 4.78 is 17.3. The van der Waals surface area contributed by atoms with Gasteiger partial charge in [-0.25, -0.2) is 9.37 Å². The van der Waals surface area contributed by atoms with Crippen molar-refractivity contribution in [3.63, 3.8) is 0 Å². The molecule has 0 saturated heterocycles. The van der Waals surface area contributed by atoms with Gasteiger partial charge in [0.05, 0.1) is 11.0 Å². The third kappa shape index (κ3) is 2.24. The lowest BCUT2D eigenvalue weighted by Crippen LogP contribution is -2.07. The predicted octanol–water partition coefficient (Wildman–Crippen LogP) is 2.35. The van der Waals surface area contributed by atoms with Gasteiger partial charge in [0, 0.05) is 31.5 Å². The largest absolute Gasteiger partial charge is 0.369 e. The van der Waals surface area contributed by atoms with E-state index in [2.05, 4.69) is 10.1 Å². The molecule has 6 heteroatoms. The summed E-state index contributed by atoms with van der Waals surface area (Å²) in [4.78, 5) is 4.21. The van der Waals surface area contributed by atoms with E-state index in [4.69, 9.17) is 5.73 Å². The van der Waals surface area contributed by atoms with Crippen LogP contribution in [0.3, 0.4) is 0 Å². The highest BCUT2D eigenvalue weighted by atomic mass is 19.1. The first-order valence-electron chi connectivity index (χ1n) is 6.54. The highest BCUT2D eigenvalue weighted by Crippen LogP contribution is 2.21. The predicted molar refractivity (Wildman–Crippen MR) is 75.7 cm³/mol. The van der Waals surface area contributed by atoms with Gasteiger partial charge in [-0.15, -0.1) is 0 Å². The fourth-order valence-electron chi connectivity index (χ4n) is 2.33. The number of anilines is 1. The van der Waals surface area contributed by atoms with E-state index >= 15 is 0 Å². The molecule has 0 amide bonds. The quantitative estimate of drug-likeness (QED) is 0.793. The van der Waals surface area contributed by atoms with Crippen LogP contribution in [0.1, 0.15) is 12.0 Å². The van der Waals surface area contributed by atoms with Crippen molar-refractivity contribution in [2.45, 2.75) is 26.4 Å². The molecule has 0 fully saturated rings. The maximum atomic E-state index is 13.5. The molecule has 3 aromatic rings. The van der Waals surface area contributed by atoms with Crippen molar-refractivity contribution in [3.8, 4) is 0 Å². The summed E-state index contributed by atoms with van der Waals surface area (Å²) in [5, 5.41) is 4.16. The third-order valence-electron chi connectivity index (χ3n) is 3.39. The van der Waals surface area contributed by atoms with Gasteiger partial charge in [-0.05, 0) is 31.0 Å². The van der Waals surface area contributed by atoms with Gasteiger partial charge in [0.1, 0.15) is 5.82 Å². The van der Waals surface area contributed by atoms with Gasteiger partial charge >= 0.3 is 0 Å². The summed E-state index contributed by atoms with van der Waals surface area (Å²) in [7, 11) is 0. The molecule has 2 aromatic heterocycles. The van der Waals surface area contributed by atoms with Crippen LogP contribution in [0, 0.1) is 12.7 Å². The van der Waals surface area contributed by atoms with Gasteiger partial charge < -0.3 is 10.3 Å². The lowest BCUT2D eigenvalue weighted by Gasteiger charge is -2.07. The van der Waals surface area contributed by atoms with Crippen LogP contribution in [0.4, 0.5) is 10.3 Å². The Morgan fingerprint density at radius 2 is 2.15 bits per heavy atom. The Bertz CT molecular complexity index is 730. The van der Waals surface area contributed by atoms with E-state index in [0.29, 0.717) is 17.0 Å². The molecular weight excluding hydrogens is 257 g/mol. The highest BCUT2D eigenvalue weighted by molar-refractivity contribution is 5.79. The minimum atomic E-state index is -0.251. The molecule has 1 aromatic carbocycles. The van der Waals surface area contributed by atoms with Crippen LogP contribution in [-0.2, 0) is 13.1 Å². The summed E-state index contributed by atoms with van der Waals surface area (Å²) in [6, 6.07) is 5.13. The normalized spacial score (nSPS) is 11.3. The van der Waals surface area contributed by atoms with Crippen molar-refractivity contribution in [3.05, 3.63) is 42.0 Å². The summed E-state index contributed by atoms with van der Waals surface area (Å²) >= 11 is 0. The number of aryl methyl sites for hydroxylation is 3. The monoisotopic (exact) mass is 273 g/mol. The number of halogens is 1. The van der Waals surface area contributed by atoms with Gasteiger partial charge in [-0.2, -0.15) is 5.10 Å². The number of imidazole rings is 1. The van der Waals surface area contributed by atoms with Crippen molar-refractivity contribution >= 4 is 17.0 Å². The van der Waals surface area contributed by atoms with Crippen molar-refractivity contribution < 1.29 is 4.39 Å². The number of nitrogens with zero attached hydrogens (tertiary/aromatic N) is 4. The maximum absolute atomic E-state index is 13.5. The topological polar surface area (TPSA) is 61.7 Å². The van der Waals surface area contributed by atoms with Crippen molar-refractivity contribution in [1.82, 2.24) is 19.3 Å². The maximum Gasteiger partial charge on any atom is 0.201 e. The second-order valence-electron chi connectivity index (χ2n) is 4.83. The van der Waals surface area contributed by atoms with Crippen LogP contribution in [0.25, 0.3) is 11.0 Å². The number of hydrogen-bond donors (Lipinski definition) is 1. The molecule has 2 heterocycles. The van der Waals surface area contributed by atoms with Crippen molar-refractivity contribution in [1.29, 1.82) is 0 Å². The van der Waals surface area contributed by atoms with Crippen LogP contribution in [0.2, 0.25) is 0 Å². The first-order chi connectivity index (χ1) is 9.65. The molecule has 2 N–H and O–H groups in total. The molecule has 0 aliphatic rings. The molecule has 0 unspecified atom stereocenters. The van der Waals surface area contributed by atoms with Crippen LogP contribution in [-0.4, -0.2) is 19.3 Å². The number of nitrogens with two attached hydrogens (primary N) is 1. The molecule has 5 nitrogen and oxygen atoms in total. The molecule has 0 saturated carbocycles. The molecular formula is C14H16FN5. The molecule has 0 bridgehead atoms. The SMILES string of the molecule is Cc1cc2c(cc1F)nc(N)n2CCCn1cccn1. The Labute approximate surface area is 115 Å². The second-order valence-corrected chi connectivity index (χ2v) is 4.83. The summed E-state index contributed by atoms with van der Waals surface area (Å²) in [5.41, 5.74) is 8.00. The average Bonchev–Trinajstić information content (AvgIpc) is 3.01. The Kier molecular flexibility index (Phi) is 3.14. The van der Waals surface area contributed by atoms with Gasteiger partial charge in [0.2, 0.25) is 5.95 Å². The van der Waals surface area contributed by atoms with Gasteiger partial charge in [-0.1, -0.05) is 0 Å². The Balaban J connectivity index is 1.83. The molecule has 20 heavy (non-hydrogen) atoms. The van der Waals surface area contributed by atoms with Crippen LogP contribution < -0.4 is 5.73 Å². The zero-order valence-electron chi connectivity index (χ0n) is 11.3. The minimum absolute atomic E-state index is 0.251. The first-order valence-corrected chi connectivity index (χ1v) is 6.54. The smallest absolute Gasteiger partial charge is 0.201 e. The van der Waals surface area contributed by atoms with E-state index in [-0.39, 0.29) is 5.82 Å². The zero-order chi connectivity index (χ0) is 14.1. The Morgan fingerprint density at radius 1 is 1.30 bits per heavy atom. The number of aromatic nitrogens is 4. The summed E-state index contributed by atoms with van der Waals surface area (Å²) in [6.45, 7) is 3.28. The highest BCUT2D eigenvalue weighted by Gasteiger charge is 2.10. The molecule has 3 rings (SSSR count). The lowest BCUT2D eigenvalue weighted by molar-refractivity contribution is 0.535. The number of fused-ring (bicyclic) bond motifs is 1. The molecule has 0 aliphatic carbocycles. The van der Waals surface area contributed by atoms with E-state index in [1.54, 1.807) is 19.2 Å². The van der Waals surface area contributed by atoms with Crippen LogP contribution in [0.5, 0.6) is 0 Å². The Morgan fingerprint density at radius 3 is 2.90 bits per heavy atom. The van der Waals surface area contributed by atoms with Gasteiger partial charge in [0.15, 0.2) is 0 Å². The number of rotatable bonds is 4. The number of hydrogen-bond acceptors (Lipinski definition) is 3. The van der Waals surface area contributed by atoms with Crippen molar-refractivity contribution in [2.24, 2.45) is 0 Å². The van der Waals surface area contributed by atoms with E-state index in [1.165, 1.54) is 6.07 Å². The second kappa shape index (κ2) is 4.96. The molecule has 0 atom stereocenters. The molecule has 0 radical (unpaired) electrons. The third-order valence-corrected chi connectivity index (χ3v) is 3.39. The minimum Gasteiger partial charge on any atom is -0.369 e. The van der Waals surface area contributed by atoms with E-state index in [0.717, 1.165) is 25.0 Å². The van der Waals surface area contributed by atoms with Crippen molar-refractivity contribution in [2.75, 3.05) is 5.73 Å². The van der Waals surface area contributed by atoms with Crippen LogP contribution in [0.15, 0.2) is 30.6 Å². The van der Waals surface area contributed by atoms with Gasteiger partial charge in [0.25, 0.3) is 0 Å². The molecule has 0 spiro atoms. The van der Waals surface area contributed by atoms with E-state index in [1.807, 2.05) is 21.5 Å². The van der Waals surface area contributed by atoms with Crippen LogP contribution >= 0.6 is 0 Å². The van der Waals surface area contributed by atoms with E-state index in [9.17, 15) is 4.39 Å². The fourth-order valence-corrected chi connectivity index (χ4v) is 2.33. The number of nitrogen functional groups attached to an aromatic ring is 1. The fraction of sp³-hybridized carbons (Fsp3) is 0.286. The number of benzene rings is 1. The first kappa shape index (κ1) is 12.7. The average molecular weight is 273 g/mol. The summed E-state index contributed by atoms with van der Waals surface area (Å²) in [6.07, 6.45) is 4.57.